The molecule has 0 bridgehead atoms. The van der Waals surface area contributed by atoms with Crippen LogP contribution in [0.25, 0.3) is 0 Å². The smallest absolute Gasteiger partial charge is 0.145 e. The summed E-state index contributed by atoms with van der Waals surface area (Å²) in [5, 5.41) is 0. The highest BCUT2D eigenvalue weighted by atomic mass is 28.2. The number of rotatable bonds is 4. The largest absolute Gasteiger partial charge is 0.428 e. The lowest BCUT2D eigenvalue weighted by atomic mass is 9.65. The minimum Gasteiger partial charge on any atom is -0.428 e. The van der Waals surface area contributed by atoms with Crippen molar-refractivity contribution < 1.29 is 4.43 Å². The first-order valence-electron chi connectivity index (χ1n) is 5.40. The lowest BCUT2D eigenvalue weighted by Crippen LogP contribution is -2.35. The van der Waals surface area contributed by atoms with Gasteiger partial charge in [-0.25, -0.2) is 0 Å². The maximum Gasteiger partial charge on any atom is 0.145 e. The molecule has 0 aromatic rings. The van der Waals surface area contributed by atoms with Crippen LogP contribution in [-0.2, 0) is 4.43 Å². The topological polar surface area (TPSA) is 9.23 Å². The van der Waals surface area contributed by atoms with Gasteiger partial charge in [0.15, 0.2) is 0 Å². The molecular weight excluding hydrogens is 164 g/mol. The zero-order valence-corrected chi connectivity index (χ0v) is 10.1. The Morgan fingerprint density at radius 3 is 1.83 bits per heavy atom. The highest BCUT2D eigenvalue weighted by Gasteiger charge is 2.35. The van der Waals surface area contributed by atoms with Crippen molar-refractivity contribution >= 4 is 10.5 Å². The Morgan fingerprint density at radius 1 is 1.08 bits per heavy atom. The molecule has 1 nitrogen and oxygen atoms in total. The van der Waals surface area contributed by atoms with Crippen molar-refractivity contribution in [3.8, 4) is 0 Å². The molecule has 0 aromatic heterocycles. The van der Waals surface area contributed by atoms with Crippen LogP contribution in [0.2, 0.25) is 0 Å². The summed E-state index contributed by atoms with van der Waals surface area (Å²) in [4.78, 5) is 0. The molecule has 0 atom stereocenters. The summed E-state index contributed by atoms with van der Waals surface area (Å²) in [6.45, 7) is 1.08. The number of hydrogen-bond acceptors (Lipinski definition) is 1. The van der Waals surface area contributed by atoms with E-state index in [1.165, 1.54) is 38.5 Å². The molecule has 2 aliphatic carbocycles. The van der Waals surface area contributed by atoms with Gasteiger partial charge in [0.05, 0.1) is 0 Å². The Labute approximate surface area is 78.4 Å². The van der Waals surface area contributed by atoms with Gasteiger partial charge in [0.2, 0.25) is 0 Å². The van der Waals surface area contributed by atoms with Gasteiger partial charge in [-0.15, -0.1) is 0 Å². The zero-order valence-electron chi connectivity index (χ0n) is 8.09. The van der Waals surface area contributed by atoms with Crippen molar-refractivity contribution in [1.82, 2.24) is 0 Å². The van der Waals surface area contributed by atoms with Crippen LogP contribution in [0.4, 0.5) is 0 Å². The molecule has 0 aromatic carbocycles. The standard InChI is InChI=1S/C10H20OSi/c12-11-7-10(8-3-1-4-8)9-5-2-6-9/h8-10H,1-7H2,12H3. The predicted molar refractivity (Wildman–Crippen MR) is 54.1 cm³/mol. The van der Waals surface area contributed by atoms with Gasteiger partial charge in [0.25, 0.3) is 0 Å². The van der Waals surface area contributed by atoms with Crippen molar-refractivity contribution in [2.24, 2.45) is 17.8 Å². The van der Waals surface area contributed by atoms with E-state index in [0.717, 1.165) is 34.8 Å². The molecule has 0 unspecified atom stereocenters. The zero-order chi connectivity index (χ0) is 8.39. The Morgan fingerprint density at radius 2 is 1.58 bits per heavy atom. The molecule has 2 saturated carbocycles. The van der Waals surface area contributed by atoms with Crippen LogP contribution in [0.5, 0.6) is 0 Å². The van der Waals surface area contributed by atoms with Gasteiger partial charge in [-0.05, 0) is 17.8 Å². The van der Waals surface area contributed by atoms with E-state index in [1.807, 2.05) is 0 Å². The quantitative estimate of drug-likeness (QED) is 0.602. The van der Waals surface area contributed by atoms with Crippen molar-refractivity contribution in [2.45, 2.75) is 38.5 Å². The van der Waals surface area contributed by atoms with Crippen LogP contribution in [0.1, 0.15) is 38.5 Å². The first-order chi connectivity index (χ1) is 5.92. The normalized spacial score (nSPS) is 25.8. The van der Waals surface area contributed by atoms with Crippen molar-refractivity contribution in [2.75, 3.05) is 6.61 Å². The van der Waals surface area contributed by atoms with Crippen molar-refractivity contribution in [3.63, 3.8) is 0 Å². The molecule has 0 aliphatic heterocycles. The fourth-order valence-electron chi connectivity index (χ4n) is 2.59. The van der Waals surface area contributed by atoms with Crippen molar-refractivity contribution in [1.29, 1.82) is 0 Å². The molecule has 2 heteroatoms. The maximum absolute atomic E-state index is 5.46. The van der Waals surface area contributed by atoms with Gasteiger partial charge in [-0.1, -0.05) is 38.5 Å². The molecule has 12 heavy (non-hydrogen) atoms. The molecule has 0 spiro atoms. The minimum atomic E-state index is 0.932. The molecular formula is C10H20OSi. The van der Waals surface area contributed by atoms with Gasteiger partial charge < -0.3 is 4.43 Å². The van der Waals surface area contributed by atoms with E-state index < -0.39 is 0 Å². The van der Waals surface area contributed by atoms with E-state index in [1.54, 1.807) is 0 Å². The lowest BCUT2D eigenvalue weighted by molar-refractivity contribution is 0.0537. The van der Waals surface area contributed by atoms with E-state index in [2.05, 4.69) is 0 Å². The first-order valence-corrected chi connectivity index (χ1v) is 6.22. The van der Waals surface area contributed by atoms with Crippen LogP contribution in [0.3, 0.4) is 0 Å². The molecule has 70 valence electrons. The minimum absolute atomic E-state index is 0.932. The fraction of sp³-hybridized carbons (Fsp3) is 1.00. The van der Waals surface area contributed by atoms with Crippen LogP contribution >= 0.6 is 0 Å². The molecule has 0 heterocycles. The Kier molecular flexibility index (Phi) is 2.86. The van der Waals surface area contributed by atoms with Gasteiger partial charge in [-0.3, -0.25) is 0 Å². The molecule has 2 fully saturated rings. The first kappa shape index (κ1) is 8.76. The average Bonchev–Trinajstić information content (AvgIpc) is 1.79. The molecule has 2 aliphatic rings. The molecule has 0 N–H and O–H groups in total. The third-order valence-electron chi connectivity index (χ3n) is 3.87. The van der Waals surface area contributed by atoms with Crippen LogP contribution in [0.15, 0.2) is 0 Å². The average molecular weight is 184 g/mol. The van der Waals surface area contributed by atoms with Gasteiger partial charge in [0.1, 0.15) is 10.5 Å². The SMILES string of the molecule is [SiH3]OCC(C1CCC1)C1CCC1. The van der Waals surface area contributed by atoms with Gasteiger partial charge in [0, 0.05) is 6.61 Å². The molecule has 2 rings (SSSR count). The highest BCUT2D eigenvalue weighted by molar-refractivity contribution is 5.97. The Hall–Kier alpha value is 0.177. The molecule has 0 amide bonds. The highest BCUT2D eigenvalue weighted by Crippen LogP contribution is 2.44. The summed E-state index contributed by atoms with van der Waals surface area (Å²) < 4.78 is 5.46. The van der Waals surface area contributed by atoms with E-state index >= 15 is 0 Å². The second-order valence-corrected chi connectivity index (χ2v) is 5.08. The summed E-state index contributed by atoms with van der Waals surface area (Å²) in [6, 6.07) is 0. The van der Waals surface area contributed by atoms with E-state index in [-0.39, 0.29) is 0 Å². The van der Waals surface area contributed by atoms with Crippen LogP contribution in [0, 0.1) is 17.8 Å². The Bertz CT molecular complexity index is 127. The summed E-state index contributed by atoms with van der Waals surface area (Å²) in [5.41, 5.74) is 0. The summed E-state index contributed by atoms with van der Waals surface area (Å²) in [6.07, 6.45) is 8.93. The van der Waals surface area contributed by atoms with E-state index in [9.17, 15) is 0 Å². The molecule has 0 saturated heterocycles. The Balaban J connectivity index is 1.82. The van der Waals surface area contributed by atoms with E-state index in [4.69, 9.17) is 4.43 Å². The third-order valence-corrected chi connectivity index (χ3v) is 4.20. The molecule has 0 radical (unpaired) electrons. The summed E-state index contributed by atoms with van der Waals surface area (Å²) in [5.74, 6) is 3.04. The van der Waals surface area contributed by atoms with Crippen molar-refractivity contribution in [3.05, 3.63) is 0 Å². The summed E-state index contributed by atoms with van der Waals surface area (Å²) >= 11 is 0. The second kappa shape index (κ2) is 3.92. The monoisotopic (exact) mass is 184 g/mol. The predicted octanol–water partition coefficient (Wildman–Crippen LogP) is 1.50. The van der Waals surface area contributed by atoms with E-state index in [0.29, 0.717) is 0 Å². The third kappa shape index (κ3) is 1.60. The maximum atomic E-state index is 5.46. The van der Waals surface area contributed by atoms with Crippen LogP contribution in [-0.4, -0.2) is 17.1 Å². The number of hydrogen-bond donors (Lipinski definition) is 0. The van der Waals surface area contributed by atoms with Gasteiger partial charge in [-0.2, -0.15) is 0 Å². The fourth-order valence-corrected chi connectivity index (χ4v) is 2.97. The second-order valence-electron chi connectivity index (χ2n) is 4.50. The lowest BCUT2D eigenvalue weighted by Gasteiger charge is -2.42. The summed E-state index contributed by atoms with van der Waals surface area (Å²) in [7, 11) is 0.932. The van der Waals surface area contributed by atoms with Crippen LogP contribution < -0.4 is 0 Å². The van der Waals surface area contributed by atoms with Gasteiger partial charge >= 0.3 is 0 Å².